The SMILES string of the molecule is CNCC1CCCN1Cc1nc(-c2ccsc2)no1.Cl. The number of thiophene rings is 1. The van der Waals surface area contributed by atoms with Crippen LogP contribution in [0.25, 0.3) is 11.4 Å². The molecule has 7 heteroatoms. The number of hydrogen-bond acceptors (Lipinski definition) is 6. The maximum atomic E-state index is 5.36. The molecule has 1 saturated heterocycles. The molecule has 0 radical (unpaired) electrons. The highest BCUT2D eigenvalue weighted by atomic mass is 35.5. The molecule has 1 aliphatic heterocycles. The average molecular weight is 315 g/mol. The summed E-state index contributed by atoms with van der Waals surface area (Å²) in [7, 11) is 2.00. The summed E-state index contributed by atoms with van der Waals surface area (Å²) in [6, 6.07) is 2.60. The number of likely N-dealkylation sites (N-methyl/N-ethyl adjacent to an activating group) is 1. The van der Waals surface area contributed by atoms with Gasteiger partial charge in [0.2, 0.25) is 11.7 Å². The van der Waals surface area contributed by atoms with Gasteiger partial charge in [-0.1, -0.05) is 5.16 Å². The molecule has 0 bridgehead atoms. The van der Waals surface area contributed by atoms with E-state index in [1.807, 2.05) is 23.9 Å². The number of aromatic nitrogens is 2. The van der Waals surface area contributed by atoms with E-state index in [0.717, 1.165) is 25.2 Å². The van der Waals surface area contributed by atoms with Crippen molar-refractivity contribution in [3.8, 4) is 11.4 Å². The Morgan fingerprint density at radius 1 is 1.55 bits per heavy atom. The maximum absolute atomic E-state index is 5.36. The summed E-state index contributed by atoms with van der Waals surface area (Å²) in [5.74, 6) is 1.41. The van der Waals surface area contributed by atoms with Crippen molar-refractivity contribution in [1.82, 2.24) is 20.4 Å². The van der Waals surface area contributed by atoms with Crippen LogP contribution in [0.2, 0.25) is 0 Å². The van der Waals surface area contributed by atoms with Crippen molar-refractivity contribution in [2.45, 2.75) is 25.4 Å². The van der Waals surface area contributed by atoms with Gasteiger partial charge in [-0.2, -0.15) is 16.3 Å². The van der Waals surface area contributed by atoms with Crippen LogP contribution in [0.15, 0.2) is 21.3 Å². The fraction of sp³-hybridized carbons (Fsp3) is 0.538. The second kappa shape index (κ2) is 7.17. The highest BCUT2D eigenvalue weighted by Gasteiger charge is 2.25. The first-order chi connectivity index (χ1) is 9.36. The van der Waals surface area contributed by atoms with Gasteiger partial charge in [0.05, 0.1) is 6.54 Å². The Labute approximate surface area is 128 Å². The van der Waals surface area contributed by atoms with Gasteiger partial charge in [-0.25, -0.2) is 0 Å². The first-order valence-electron chi connectivity index (χ1n) is 6.60. The molecular formula is C13H19ClN4OS. The number of nitrogens with zero attached hydrogens (tertiary/aromatic N) is 3. The van der Waals surface area contributed by atoms with Crippen molar-refractivity contribution in [3.63, 3.8) is 0 Å². The van der Waals surface area contributed by atoms with Crippen LogP contribution in [-0.2, 0) is 6.54 Å². The van der Waals surface area contributed by atoms with Gasteiger partial charge in [-0.05, 0) is 37.9 Å². The summed E-state index contributed by atoms with van der Waals surface area (Å²) in [4.78, 5) is 6.90. The zero-order valence-corrected chi connectivity index (χ0v) is 13.0. The molecule has 2 aromatic heterocycles. The standard InChI is InChI=1S/C13H18N4OS.ClH/c1-14-7-11-3-2-5-17(11)8-12-15-13(16-18-12)10-4-6-19-9-10;/h4,6,9,11,14H,2-3,5,7-8H2,1H3;1H. The molecule has 0 spiro atoms. The first-order valence-corrected chi connectivity index (χ1v) is 7.55. The quantitative estimate of drug-likeness (QED) is 0.918. The molecular weight excluding hydrogens is 296 g/mol. The van der Waals surface area contributed by atoms with Gasteiger partial charge in [0.25, 0.3) is 0 Å². The monoisotopic (exact) mass is 314 g/mol. The third-order valence-electron chi connectivity index (χ3n) is 3.52. The molecule has 5 nitrogen and oxygen atoms in total. The van der Waals surface area contributed by atoms with Crippen LogP contribution >= 0.6 is 23.7 Å². The molecule has 1 fully saturated rings. The van der Waals surface area contributed by atoms with Gasteiger partial charge in [-0.15, -0.1) is 12.4 Å². The molecule has 1 aliphatic rings. The molecule has 0 aliphatic carbocycles. The Kier molecular flexibility index (Phi) is 5.54. The summed E-state index contributed by atoms with van der Waals surface area (Å²) >= 11 is 1.64. The topological polar surface area (TPSA) is 54.2 Å². The summed E-state index contributed by atoms with van der Waals surface area (Å²) in [6.45, 7) is 2.89. The van der Waals surface area contributed by atoms with Crippen molar-refractivity contribution < 1.29 is 4.52 Å². The lowest BCUT2D eigenvalue weighted by molar-refractivity contribution is 0.209. The molecule has 1 unspecified atom stereocenters. The van der Waals surface area contributed by atoms with E-state index < -0.39 is 0 Å². The first kappa shape index (κ1) is 15.4. The minimum absolute atomic E-state index is 0. The van der Waals surface area contributed by atoms with Crippen LogP contribution in [0.1, 0.15) is 18.7 Å². The minimum Gasteiger partial charge on any atom is -0.338 e. The van der Waals surface area contributed by atoms with Gasteiger partial charge in [-0.3, -0.25) is 4.90 Å². The third-order valence-corrected chi connectivity index (χ3v) is 4.21. The zero-order chi connectivity index (χ0) is 13.1. The number of nitrogens with one attached hydrogen (secondary N) is 1. The second-order valence-electron chi connectivity index (χ2n) is 4.85. The minimum atomic E-state index is 0. The van der Waals surface area contributed by atoms with Gasteiger partial charge in [0, 0.05) is 23.5 Å². The number of hydrogen-bond donors (Lipinski definition) is 1. The van der Waals surface area contributed by atoms with Crippen LogP contribution in [0, 0.1) is 0 Å². The zero-order valence-electron chi connectivity index (χ0n) is 11.4. The van der Waals surface area contributed by atoms with Gasteiger partial charge in [0.15, 0.2) is 0 Å². The Morgan fingerprint density at radius 3 is 3.20 bits per heavy atom. The Morgan fingerprint density at radius 2 is 2.45 bits per heavy atom. The average Bonchev–Trinajstić information content (AvgIpc) is 3.12. The van der Waals surface area contributed by atoms with Crippen LogP contribution in [-0.4, -0.2) is 41.2 Å². The van der Waals surface area contributed by atoms with E-state index in [1.54, 1.807) is 11.3 Å². The lowest BCUT2D eigenvalue weighted by atomic mass is 10.2. The lowest BCUT2D eigenvalue weighted by Crippen LogP contribution is -2.36. The molecule has 110 valence electrons. The predicted molar refractivity (Wildman–Crippen MR) is 82.2 cm³/mol. The van der Waals surface area contributed by atoms with Crippen molar-refractivity contribution >= 4 is 23.7 Å². The summed E-state index contributed by atoms with van der Waals surface area (Å²) in [5, 5.41) is 11.4. The fourth-order valence-electron chi connectivity index (χ4n) is 2.57. The summed E-state index contributed by atoms with van der Waals surface area (Å²) < 4.78 is 5.36. The molecule has 0 saturated carbocycles. The Balaban J connectivity index is 0.00000147. The molecule has 1 atom stereocenters. The Hall–Kier alpha value is -0.950. The summed E-state index contributed by atoms with van der Waals surface area (Å²) in [6.07, 6.45) is 2.49. The van der Waals surface area contributed by atoms with Crippen LogP contribution in [0.4, 0.5) is 0 Å². The summed E-state index contributed by atoms with van der Waals surface area (Å²) in [5.41, 5.74) is 1.04. The van der Waals surface area contributed by atoms with E-state index in [1.165, 1.54) is 12.8 Å². The van der Waals surface area contributed by atoms with Crippen molar-refractivity contribution in [3.05, 3.63) is 22.7 Å². The second-order valence-corrected chi connectivity index (χ2v) is 5.63. The van der Waals surface area contributed by atoms with Gasteiger partial charge < -0.3 is 9.84 Å². The highest BCUT2D eigenvalue weighted by Crippen LogP contribution is 2.22. The van der Waals surface area contributed by atoms with E-state index in [4.69, 9.17) is 4.52 Å². The fourth-order valence-corrected chi connectivity index (χ4v) is 3.21. The van der Waals surface area contributed by atoms with Crippen LogP contribution in [0.3, 0.4) is 0 Å². The smallest absolute Gasteiger partial charge is 0.241 e. The Bertz CT molecular complexity index is 516. The number of likely N-dealkylation sites (tertiary alicyclic amines) is 1. The number of halogens is 1. The molecule has 20 heavy (non-hydrogen) atoms. The largest absolute Gasteiger partial charge is 0.338 e. The highest BCUT2D eigenvalue weighted by molar-refractivity contribution is 7.08. The molecule has 1 N–H and O–H groups in total. The molecule has 3 rings (SSSR count). The van der Waals surface area contributed by atoms with Crippen LogP contribution < -0.4 is 5.32 Å². The molecule has 2 aromatic rings. The van der Waals surface area contributed by atoms with Crippen molar-refractivity contribution in [1.29, 1.82) is 0 Å². The van der Waals surface area contributed by atoms with E-state index >= 15 is 0 Å². The molecule has 0 aromatic carbocycles. The van der Waals surface area contributed by atoms with E-state index in [-0.39, 0.29) is 12.4 Å². The van der Waals surface area contributed by atoms with Gasteiger partial charge >= 0.3 is 0 Å². The van der Waals surface area contributed by atoms with Crippen molar-refractivity contribution in [2.24, 2.45) is 0 Å². The maximum Gasteiger partial charge on any atom is 0.241 e. The van der Waals surface area contributed by atoms with E-state index in [0.29, 0.717) is 17.8 Å². The van der Waals surface area contributed by atoms with Crippen molar-refractivity contribution in [2.75, 3.05) is 20.1 Å². The third kappa shape index (κ3) is 3.38. The molecule has 3 heterocycles. The molecule has 0 amide bonds. The van der Waals surface area contributed by atoms with Crippen LogP contribution in [0.5, 0.6) is 0 Å². The van der Waals surface area contributed by atoms with Gasteiger partial charge in [0.1, 0.15) is 0 Å². The number of rotatable bonds is 5. The normalized spacial score (nSPS) is 19.1. The lowest BCUT2D eigenvalue weighted by Gasteiger charge is -2.22. The predicted octanol–water partition coefficient (Wildman–Crippen LogP) is 2.40. The van der Waals surface area contributed by atoms with E-state index in [2.05, 4.69) is 20.4 Å². The van der Waals surface area contributed by atoms with E-state index in [9.17, 15) is 0 Å².